The number of nitriles is 1. The van der Waals surface area contributed by atoms with E-state index in [2.05, 4.69) is 4.72 Å². The molecule has 0 bridgehead atoms. The van der Waals surface area contributed by atoms with Crippen LogP contribution in [0, 0.1) is 24.1 Å². The third kappa shape index (κ3) is 2.95. The van der Waals surface area contributed by atoms with E-state index >= 15 is 0 Å². The van der Waals surface area contributed by atoms with Gasteiger partial charge < -0.3 is 5.73 Å². The molecule has 0 aromatic heterocycles. The average Bonchev–Trinajstić information content (AvgIpc) is 2.42. The van der Waals surface area contributed by atoms with Crippen LogP contribution in [0.15, 0.2) is 41.3 Å². The van der Waals surface area contributed by atoms with Crippen molar-refractivity contribution in [3.05, 3.63) is 53.3 Å². The van der Waals surface area contributed by atoms with E-state index in [9.17, 15) is 12.8 Å². The topological polar surface area (TPSA) is 96.0 Å². The SMILES string of the molecule is Cc1cccc(F)c1NS(=O)(=O)c1ccc(N)cc1C#N. The molecule has 108 valence electrons. The number of halogens is 1. The Bertz CT molecular complexity index is 822. The summed E-state index contributed by atoms with van der Waals surface area (Å²) in [5, 5.41) is 9.01. The number of anilines is 2. The van der Waals surface area contributed by atoms with Gasteiger partial charge >= 0.3 is 0 Å². The van der Waals surface area contributed by atoms with Gasteiger partial charge in [-0.2, -0.15) is 5.26 Å². The third-order valence-electron chi connectivity index (χ3n) is 2.87. The number of para-hydroxylation sites is 1. The molecule has 0 atom stereocenters. The normalized spacial score (nSPS) is 10.9. The summed E-state index contributed by atoms with van der Waals surface area (Å²) in [6.07, 6.45) is 0. The lowest BCUT2D eigenvalue weighted by molar-refractivity contribution is 0.598. The Morgan fingerprint density at radius 2 is 2.00 bits per heavy atom. The zero-order valence-corrected chi connectivity index (χ0v) is 11.9. The van der Waals surface area contributed by atoms with Gasteiger partial charge in [0.1, 0.15) is 16.8 Å². The standard InChI is InChI=1S/C14H12FN3O2S/c1-9-3-2-4-12(15)14(9)18-21(19,20)13-6-5-11(17)7-10(13)8-16/h2-7,18H,17H2,1H3. The number of nitrogen functional groups attached to an aromatic ring is 1. The van der Waals surface area contributed by atoms with E-state index in [1.54, 1.807) is 19.1 Å². The molecule has 21 heavy (non-hydrogen) atoms. The van der Waals surface area contributed by atoms with Crippen molar-refractivity contribution in [1.82, 2.24) is 0 Å². The summed E-state index contributed by atoms with van der Waals surface area (Å²) >= 11 is 0. The molecule has 5 nitrogen and oxygen atoms in total. The number of rotatable bonds is 3. The smallest absolute Gasteiger partial charge is 0.263 e. The number of hydrogen-bond donors (Lipinski definition) is 2. The average molecular weight is 305 g/mol. The predicted molar refractivity (Wildman–Crippen MR) is 77.5 cm³/mol. The number of aryl methyl sites for hydroxylation is 1. The first-order chi connectivity index (χ1) is 9.85. The molecule has 0 aliphatic heterocycles. The summed E-state index contributed by atoms with van der Waals surface area (Å²) in [4.78, 5) is -0.248. The molecule has 2 aromatic rings. The summed E-state index contributed by atoms with van der Waals surface area (Å²) in [7, 11) is -4.09. The van der Waals surface area contributed by atoms with Crippen LogP contribution < -0.4 is 10.5 Å². The highest BCUT2D eigenvalue weighted by Gasteiger charge is 2.21. The minimum atomic E-state index is -4.09. The van der Waals surface area contributed by atoms with Crippen LogP contribution in [0.3, 0.4) is 0 Å². The summed E-state index contributed by atoms with van der Waals surface area (Å²) in [6.45, 7) is 1.58. The van der Waals surface area contributed by atoms with Crippen LogP contribution in [0.2, 0.25) is 0 Å². The Kier molecular flexibility index (Phi) is 3.82. The molecule has 0 aliphatic carbocycles. The van der Waals surface area contributed by atoms with Crippen molar-refractivity contribution >= 4 is 21.4 Å². The molecule has 0 radical (unpaired) electrons. The molecule has 0 saturated heterocycles. The van der Waals surface area contributed by atoms with Gasteiger partial charge in [0.2, 0.25) is 0 Å². The second-order valence-corrected chi connectivity index (χ2v) is 6.06. The molecule has 3 N–H and O–H groups in total. The maximum atomic E-state index is 13.7. The molecule has 0 saturated carbocycles. The minimum Gasteiger partial charge on any atom is -0.399 e. The van der Waals surface area contributed by atoms with Crippen molar-refractivity contribution in [2.45, 2.75) is 11.8 Å². The molecule has 0 amide bonds. The van der Waals surface area contributed by atoms with Gasteiger partial charge in [-0.25, -0.2) is 12.8 Å². The van der Waals surface area contributed by atoms with E-state index in [0.717, 1.165) is 6.07 Å². The van der Waals surface area contributed by atoms with Crippen LogP contribution in [0.25, 0.3) is 0 Å². The van der Waals surface area contributed by atoms with Crippen LogP contribution >= 0.6 is 0 Å². The highest BCUT2D eigenvalue weighted by atomic mass is 32.2. The largest absolute Gasteiger partial charge is 0.399 e. The van der Waals surface area contributed by atoms with Crippen molar-refractivity contribution < 1.29 is 12.8 Å². The lowest BCUT2D eigenvalue weighted by Gasteiger charge is -2.12. The van der Waals surface area contributed by atoms with Gasteiger partial charge in [0.05, 0.1) is 11.3 Å². The Labute approximate surface area is 121 Å². The number of nitrogens with zero attached hydrogens (tertiary/aromatic N) is 1. The second kappa shape index (κ2) is 5.42. The monoisotopic (exact) mass is 305 g/mol. The Hall–Kier alpha value is -2.59. The molecule has 0 spiro atoms. The maximum Gasteiger partial charge on any atom is 0.263 e. The van der Waals surface area contributed by atoms with E-state index < -0.39 is 15.8 Å². The van der Waals surface area contributed by atoms with Gasteiger partial charge in [-0.05, 0) is 36.8 Å². The molecule has 2 rings (SSSR count). The first-order valence-electron chi connectivity index (χ1n) is 5.92. The van der Waals surface area contributed by atoms with Gasteiger partial charge in [-0.1, -0.05) is 12.1 Å². The molecule has 0 aliphatic rings. The van der Waals surface area contributed by atoms with Crippen molar-refractivity contribution in [3.8, 4) is 6.07 Å². The summed E-state index contributed by atoms with van der Waals surface area (Å²) < 4.78 is 40.6. The molecule has 2 aromatic carbocycles. The Morgan fingerprint density at radius 1 is 1.29 bits per heavy atom. The fraction of sp³-hybridized carbons (Fsp3) is 0.0714. The Balaban J connectivity index is 2.52. The number of sulfonamides is 1. The number of nitrogens with two attached hydrogens (primary N) is 1. The van der Waals surface area contributed by atoms with Crippen molar-refractivity contribution in [2.24, 2.45) is 0 Å². The van der Waals surface area contributed by atoms with Crippen LogP contribution in [-0.2, 0) is 10.0 Å². The van der Waals surface area contributed by atoms with E-state index in [-0.39, 0.29) is 21.8 Å². The number of nitrogens with one attached hydrogen (secondary N) is 1. The highest BCUT2D eigenvalue weighted by molar-refractivity contribution is 7.92. The Morgan fingerprint density at radius 3 is 2.62 bits per heavy atom. The van der Waals surface area contributed by atoms with Crippen molar-refractivity contribution in [3.63, 3.8) is 0 Å². The lowest BCUT2D eigenvalue weighted by atomic mass is 10.2. The number of hydrogen-bond acceptors (Lipinski definition) is 4. The van der Waals surface area contributed by atoms with E-state index in [1.807, 2.05) is 0 Å². The zero-order chi connectivity index (χ0) is 15.6. The minimum absolute atomic E-state index is 0.100. The second-order valence-electron chi connectivity index (χ2n) is 4.40. The highest BCUT2D eigenvalue weighted by Crippen LogP contribution is 2.25. The fourth-order valence-electron chi connectivity index (χ4n) is 1.82. The molecule has 0 unspecified atom stereocenters. The van der Waals surface area contributed by atoms with Gasteiger partial charge in [-0.15, -0.1) is 0 Å². The van der Waals surface area contributed by atoms with Crippen LogP contribution in [0.5, 0.6) is 0 Å². The third-order valence-corrected chi connectivity index (χ3v) is 4.28. The molecular weight excluding hydrogens is 293 g/mol. The molecule has 7 heteroatoms. The number of benzene rings is 2. The van der Waals surface area contributed by atoms with Gasteiger partial charge in [0, 0.05) is 5.69 Å². The van der Waals surface area contributed by atoms with Crippen LogP contribution in [0.4, 0.5) is 15.8 Å². The van der Waals surface area contributed by atoms with Crippen molar-refractivity contribution in [2.75, 3.05) is 10.5 Å². The first-order valence-corrected chi connectivity index (χ1v) is 7.41. The van der Waals surface area contributed by atoms with Crippen LogP contribution in [0.1, 0.15) is 11.1 Å². The predicted octanol–water partition coefficient (Wildman–Crippen LogP) is 2.39. The van der Waals surface area contributed by atoms with E-state index in [1.165, 1.54) is 24.3 Å². The summed E-state index contributed by atoms with van der Waals surface area (Å²) in [5.41, 5.74) is 5.99. The summed E-state index contributed by atoms with van der Waals surface area (Å²) in [5.74, 6) is -0.687. The first kappa shape index (κ1) is 14.8. The lowest BCUT2D eigenvalue weighted by Crippen LogP contribution is -2.16. The van der Waals surface area contributed by atoms with Crippen LogP contribution in [-0.4, -0.2) is 8.42 Å². The maximum absolute atomic E-state index is 13.7. The quantitative estimate of drug-likeness (QED) is 0.851. The molecule has 0 fully saturated rings. The summed E-state index contributed by atoms with van der Waals surface area (Å²) in [6, 6.07) is 9.81. The van der Waals surface area contributed by atoms with Gasteiger partial charge in [-0.3, -0.25) is 4.72 Å². The molecular formula is C14H12FN3O2S. The van der Waals surface area contributed by atoms with Crippen molar-refractivity contribution in [1.29, 1.82) is 5.26 Å². The molecule has 0 heterocycles. The van der Waals surface area contributed by atoms with E-state index in [4.69, 9.17) is 11.0 Å². The fourth-order valence-corrected chi connectivity index (χ4v) is 3.10. The van der Waals surface area contributed by atoms with Gasteiger partial charge in [0.15, 0.2) is 0 Å². The zero-order valence-electron chi connectivity index (χ0n) is 11.1. The van der Waals surface area contributed by atoms with E-state index in [0.29, 0.717) is 5.56 Å². The van der Waals surface area contributed by atoms with Gasteiger partial charge in [0.25, 0.3) is 10.0 Å².